The number of rotatable bonds is 2. The molecule has 1 aliphatic carbocycles. The second-order valence-electron chi connectivity index (χ2n) is 4.97. The van der Waals surface area contributed by atoms with Crippen LogP contribution in [0.3, 0.4) is 0 Å². The van der Waals surface area contributed by atoms with Gasteiger partial charge in [-0.1, -0.05) is 0 Å². The van der Waals surface area contributed by atoms with Gasteiger partial charge in [0.25, 0.3) is 0 Å². The van der Waals surface area contributed by atoms with E-state index in [-0.39, 0.29) is 18.4 Å². The minimum atomic E-state index is -0.917. The van der Waals surface area contributed by atoms with Gasteiger partial charge in [-0.3, -0.25) is 0 Å². The predicted molar refractivity (Wildman–Crippen MR) is 67.3 cm³/mol. The molecule has 0 aliphatic heterocycles. The molecule has 102 valence electrons. The van der Waals surface area contributed by atoms with Gasteiger partial charge < -0.3 is 21.1 Å². The van der Waals surface area contributed by atoms with Crippen LogP contribution in [-0.4, -0.2) is 48.7 Å². The van der Waals surface area contributed by atoms with Crippen LogP contribution in [0.2, 0.25) is 0 Å². The van der Waals surface area contributed by atoms with Gasteiger partial charge in [-0.25, -0.2) is 9.50 Å². The molecular formula is C12H16N4O3. The largest absolute Gasteiger partial charge is 0.396 e. The van der Waals surface area contributed by atoms with E-state index in [0.29, 0.717) is 17.8 Å². The summed E-state index contributed by atoms with van der Waals surface area (Å²) in [5.41, 5.74) is 7.20. The van der Waals surface area contributed by atoms with E-state index in [2.05, 4.69) is 10.1 Å². The molecule has 0 unspecified atom stereocenters. The molecule has 1 saturated carbocycles. The van der Waals surface area contributed by atoms with E-state index < -0.39 is 12.2 Å². The van der Waals surface area contributed by atoms with Gasteiger partial charge >= 0.3 is 0 Å². The van der Waals surface area contributed by atoms with Gasteiger partial charge in [0, 0.05) is 24.1 Å². The number of aliphatic hydroxyl groups is 3. The van der Waals surface area contributed by atoms with Crippen molar-refractivity contribution in [3.8, 4) is 0 Å². The number of hydrogen-bond acceptors (Lipinski definition) is 6. The number of nitrogen functional groups attached to an aromatic ring is 1. The number of aliphatic hydroxyl groups excluding tert-OH is 3. The zero-order valence-electron chi connectivity index (χ0n) is 10.2. The molecule has 3 rings (SSSR count). The van der Waals surface area contributed by atoms with Crippen molar-refractivity contribution in [3.05, 3.63) is 24.2 Å². The van der Waals surface area contributed by atoms with Crippen LogP contribution in [0.4, 0.5) is 5.82 Å². The quantitative estimate of drug-likeness (QED) is 0.560. The molecule has 0 spiro atoms. The van der Waals surface area contributed by atoms with E-state index in [1.807, 2.05) is 6.07 Å². The van der Waals surface area contributed by atoms with Crippen LogP contribution in [0.15, 0.2) is 18.5 Å². The van der Waals surface area contributed by atoms with E-state index in [4.69, 9.17) is 5.73 Å². The van der Waals surface area contributed by atoms with Gasteiger partial charge in [0.1, 0.15) is 11.8 Å². The summed E-state index contributed by atoms with van der Waals surface area (Å²) in [6.07, 6.45) is 0.0355. The molecule has 0 aromatic carbocycles. The first kappa shape index (κ1) is 12.3. The van der Waals surface area contributed by atoms with Crippen molar-refractivity contribution < 1.29 is 15.3 Å². The second-order valence-corrected chi connectivity index (χ2v) is 4.97. The highest BCUT2D eigenvalue weighted by Crippen LogP contribution is 2.39. The standard InChI is InChI=1S/C12H16N4O3/c13-12-9-2-1-8(16(9)15-5-14-12)7-3-6(4-17)10(18)11(7)19/h1-2,5-7,10-11,17-19H,3-4H2,(H2,13,14,15)/t6-,7+,10-,11+/m1/s1. The van der Waals surface area contributed by atoms with Crippen LogP contribution in [0.25, 0.3) is 5.52 Å². The lowest BCUT2D eigenvalue weighted by atomic mass is 10.0. The van der Waals surface area contributed by atoms with E-state index in [1.165, 1.54) is 6.33 Å². The molecule has 0 radical (unpaired) electrons. The molecule has 2 aromatic heterocycles. The van der Waals surface area contributed by atoms with Crippen molar-refractivity contribution >= 4 is 11.3 Å². The topological polar surface area (TPSA) is 117 Å². The molecule has 0 amide bonds. The summed E-state index contributed by atoms with van der Waals surface area (Å²) in [5.74, 6) is -0.221. The Bertz CT molecular complexity index is 600. The molecule has 1 fully saturated rings. The highest BCUT2D eigenvalue weighted by Gasteiger charge is 2.42. The number of hydrogen-bond donors (Lipinski definition) is 4. The number of nitrogens with zero attached hydrogens (tertiary/aromatic N) is 3. The maximum Gasteiger partial charge on any atom is 0.151 e. The summed E-state index contributed by atoms with van der Waals surface area (Å²) < 4.78 is 1.63. The highest BCUT2D eigenvalue weighted by atomic mass is 16.3. The molecule has 2 heterocycles. The van der Waals surface area contributed by atoms with Gasteiger partial charge in [-0.15, -0.1) is 0 Å². The van der Waals surface area contributed by atoms with Gasteiger partial charge in [-0.2, -0.15) is 5.10 Å². The first-order valence-corrected chi connectivity index (χ1v) is 6.18. The van der Waals surface area contributed by atoms with Crippen LogP contribution in [0.5, 0.6) is 0 Å². The maximum atomic E-state index is 10.1. The summed E-state index contributed by atoms with van der Waals surface area (Å²) in [4.78, 5) is 3.91. The number of nitrogens with two attached hydrogens (primary N) is 1. The highest BCUT2D eigenvalue weighted by molar-refractivity contribution is 5.65. The van der Waals surface area contributed by atoms with Crippen LogP contribution >= 0.6 is 0 Å². The predicted octanol–water partition coefficient (Wildman–Crippen LogP) is -0.871. The number of anilines is 1. The zero-order chi connectivity index (χ0) is 13.6. The first-order chi connectivity index (χ1) is 9.13. The Hall–Kier alpha value is -1.70. The van der Waals surface area contributed by atoms with Crippen molar-refractivity contribution in [2.75, 3.05) is 12.3 Å². The second kappa shape index (κ2) is 4.44. The summed E-state index contributed by atoms with van der Waals surface area (Å²) >= 11 is 0. The van der Waals surface area contributed by atoms with Crippen molar-refractivity contribution in [1.29, 1.82) is 0 Å². The van der Waals surface area contributed by atoms with Gasteiger partial charge in [-0.05, 0) is 18.6 Å². The van der Waals surface area contributed by atoms with Crippen LogP contribution in [0.1, 0.15) is 18.0 Å². The monoisotopic (exact) mass is 264 g/mol. The fraction of sp³-hybridized carbons (Fsp3) is 0.500. The Balaban J connectivity index is 2.04. The van der Waals surface area contributed by atoms with Crippen molar-refractivity contribution in [1.82, 2.24) is 14.6 Å². The summed E-state index contributed by atoms with van der Waals surface area (Å²) in [7, 11) is 0. The molecule has 4 atom stereocenters. The maximum absolute atomic E-state index is 10.1. The third kappa shape index (κ3) is 1.78. The lowest BCUT2D eigenvalue weighted by Gasteiger charge is -2.16. The number of aromatic nitrogens is 3. The Labute approximate surface area is 109 Å². The zero-order valence-corrected chi connectivity index (χ0v) is 10.2. The van der Waals surface area contributed by atoms with Crippen molar-refractivity contribution in [3.63, 3.8) is 0 Å². The average Bonchev–Trinajstić information content (AvgIpc) is 2.94. The molecule has 2 aromatic rings. The van der Waals surface area contributed by atoms with Crippen molar-refractivity contribution in [2.45, 2.75) is 24.5 Å². The van der Waals surface area contributed by atoms with E-state index in [0.717, 1.165) is 5.69 Å². The summed E-state index contributed by atoms with van der Waals surface area (Å²) in [6.45, 7) is -0.144. The Morgan fingerprint density at radius 3 is 2.79 bits per heavy atom. The molecule has 0 bridgehead atoms. The fourth-order valence-corrected chi connectivity index (χ4v) is 2.85. The van der Waals surface area contributed by atoms with Gasteiger partial charge in [0.15, 0.2) is 5.82 Å². The first-order valence-electron chi connectivity index (χ1n) is 6.18. The fourth-order valence-electron chi connectivity index (χ4n) is 2.85. The van der Waals surface area contributed by atoms with Crippen LogP contribution in [-0.2, 0) is 0 Å². The van der Waals surface area contributed by atoms with E-state index >= 15 is 0 Å². The van der Waals surface area contributed by atoms with Gasteiger partial charge in [0.2, 0.25) is 0 Å². The van der Waals surface area contributed by atoms with E-state index in [9.17, 15) is 15.3 Å². The molecule has 1 aliphatic rings. The lowest BCUT2D eigenvalue weighted by Crippen LogP contribution is -2.29. The number of fused-ring (bicyclic) bond motifs is 1. The summed E-state index contributed by atoms with van der Waals surface area (Å²) in [6, 6.07) is 3.61. The van der Waals surface area contributed by atoms with Crippen LogP contribution < -0.4 is 5.73 Å². The van der Waals surface area contributed by atoms with Crippen molar-refractivity contribution in [2.24, 2.45) is 5.92 Å². The Kier molecular flexibility index (Phi) is 2.89. The minimum absolute atomic E-state index is 0.144. The molecule has 0 saturated heterocycles. The molecule has 5 N–H and O–H groups in total. The molecule has 7 nitrogen and oxygen atoms in total. The lowest BCUT2D eigenvalue weighted by molar-refractivity contribution is 0.00190. The normalized spacial score (nSPS) is 31.1. The molecule has 7 heteroatoms. The third-order valence-corrected chi connectivity index (χ3v) is 3.93. The van der Waals surface area contributed by atoms with Crippen LogP contribution in [0, 0.1) is 5.92 Å². The third-order valence-electron chi connectivity index (χ3n) is 3.93. The summed E-state index contributed by atoms with van der Waals surface area (Å²) in [5, 5.41) is 33.3. The Morgan fingerprint density at radius 1 is 1.32 bits per heavy atom. The minimum Gasteiger partial charge on any atom is -0.396 e. The molecular weight excluding hydrogens is 248 g/mol. The Morgan fingerprint density at radius 2 is 2.11 bits per heavy atom. The van der Waals surface area contributed by atoms with E-state index in [1.54, 1.807) is 10.6 Å². The smallest absolute Gasteiger partial charge is 0.151 e. The average molecular weight is 264 g/mol. The van der Waals surface area contributed by atoms with Gasteiger partial charge in [0.05, 0.1) is 12.2 Å². The molecule has 19 heavy (non-hydrogen) atoms. The SMILES string of the molecule is Nc1ncnn2c([C@@H]3C[C@H](CO)[C@@H](O)[C@H]3O)ccc12.